The Morgan fingerprint density at radius 1 is 1.00 bits per heavy atom. The highest BCUT2D eigenvalue weighted by molar-refractivity contribution is 5.87. The van der Waals surface area contributed by atoms with Crippen LogP contribution in [0.25, 0.3) is 10.8 Å². The Hall–Kier alpha value is -2.96. The number of halogens is 3. The van der Waals surface area contributed by atoms with Gasteiger partial charge in [-0.2, -0.15) is 13.2 Å². The van der Waals surface area contributed by atoms with Crippen molar-refractivity contribution in [2.45, 2.75) is 52.6 Å². The van der Waals surface area contributed by atoms with Crippen molar-refractivity contribution in [3.05, 3.63) is 71.2 Å². The molecule has 0 bridgehead atoms. The molecule has 0 aliphatic carbocycles. The minimum atomic E-state index is -4.58. The van der Waals surface area contributed by atoms with Crippen molar-refractivity contribution in [1.82, 2.24) is 4.90 Å². The van der Waals surface area contributed by atoms with Crippen LogP contribution in [0.2, 0.25) is 0 Å². The Morgan fingerprint density at radius 2 is 1.70 bits per heavy atom. The molecule has 3 aromatic rings. The van der Waals surface area contributed by atoms with Gasteiger partial charge in [0.1, 0.15) is 11.4 Å². The Bertz CT molecular complexity index is 1050. The zero-order valence-corrected chi connectivity index (χ0v) is 17.3. The highest BCUT2D eigenvalue weighted by Crippen LogP contribution is 2.31. The Kier molecular flexibility index (Phi) is 5.83. The normalized spacial score (nSPS) is 12.2. The smallest absolute Gasteiger partial charge is 0.449 e. The molecule has 0 unspecified atom stereocenters. The van der Waals surface area contributed by atoms with E-state index in [1.54, 1.807) is 20.8 Å². The van der Waals surface area contributed by atoms with Crippen molar-refractivity contribution < 1.29 is 27.1 Å². The summed E-state index contributed by atoms with van der Waals surface area (Å²) in [6.45, 7) is 7.17. The van der Waals surface area contributed by atoms with Crippen molar-refractivity contribution in [2.75, 3.05) is 0 Å². The van der Waals surface area contributed by atoms with E-state index >= 15 is 0 Å². The number of aryl methyl sites for hydroxylation is 1. The summed E-state index contributed by atoms with van der Waals surface area (Å²) in [5, 5.41) is 1.99. The maximum atomic E-state index is 12.9. The van der Waals surface area contributed by atoms with Crippen LogP contribution in [0, 0.1) is 6.92 Å². The molecule has 1 aromatic heterocycles. The third-order valence-corrected chi connectivity index (χ3v) is 4.56. The molecule has 30 heavy (non-hydrogen) atoms. The van der Waals surface area contributed by atoms with Gasteiger partial charge in [0.25, 0.3) is 0 Å². The van der Waals surface area contributed by atoms with Gasteiger partial charge in [0, 0.05) is 0 Å². The molecule has 4 nitrogen and oxygen atoms in total. The minimum Gasteiger partial charge on any atom is -0.455 e. The molecule has 1 heterocycles. The van der Waals surface area contributed by atoms with Crippen molar-refractivity contribution in [2.24, 2.45) is 0 Å². The van der Waals surface area contributed by atoms with Crippen LogP contribution in [0.4, 0.5) is 18.0 Å². The molecular formula is C23H24F3NO3. The van der Waals surface area contributed by atoms with Gasteiger partial charge in [-0.05, 0) is 61.7 Å². The Labute approximate surface area is 173 Å². The third-order valence-electron chi connectivity index (χ3n) is 4.56. The van der Waals surface area contributed by atoms with E-state index in [0.29, 0.717) is 0 Å². The molecule has 0 spiro atoms. The van der Waals surface area contributed by atoms with E-state index in [1.165, 1.54) is 11.0 Å². The maximum Gasteiger partial charge on any atom is 0.449 e. The molecule has 0 saturated heterocycles. The van der Waals surface area contributed by atoms with Crippen LogP contribution in [0.3, 0.4) is 0 Å². The number of amides is 1. The van der Waals surface area contributed by atoms with E-state index in [1.807, 2.05) is 43.3 Å². The van der Waals surface area contributed by atoms with Gasteiger partial charge in [0.05, 0.1) is 13.1 Å². The largest absolute Gasteiger partial charge is 0.455 e. The van der Waals surface area contributed by atoms with Gasteiger partial charge < -0.3 is 9.15 Å². The fourth-order valence-corrected chi connectivity index (χ4v) is 3.16. The van der Waals surface area contributed by atoms with Crippen molar-refractivity contribution >= 4 is 16.9 Å². The van der Waals surface area contributed by atoms with E-state index < -0.39 is 23.6 Å². The first kappa shape index (κ1) is 21.7. The summed E-state index contributed by atoms with van der Waals surface area (Å²) in [4.78, 5) is 14.2. The van der Waals surface area contributed by atoms with Crippen LogP contribution in [-0.2, 0) is 24.0 Å². The highest BCUT2D eigenvalue weighted by Gasteiger charge is 2.35. The molecule has 0 aliphatic rings. The lowest BCUT2D eigenvalue weighted by Crippen LogP contribution is -2.36. The molecule has 0 N–H and O–H groups in total. The molecule has 0 radical (unpaired) electrons. The van der Waals surface area contributed by atoms with Gasteiger partial charge in [0.15, 0.2) is 0 Å². The fourth-order valence-electron chi connectivity index (χ4n) is 3.16. The second-order valence-corrected chi connectivity index (χ2v) is 8.18. The summed E-state index contributed by atoms with van der Waals surface area (Å²) in [5.41, 5.74) is 1.13. The number of fused-ring (bicyclic) bond motifs is 1. The molecule has 2 aromatic carbocycles. The third kappa shape index (κ3) is 5.14. The maximum absolute atomic E-state index is 12.9. The first-order chi connectivity index (χ1) is 13.9. The van der Waals surface area contributed by atoms with Crippen molar-refractivity contribution in [3.8, 4) is 0 Å². The average molecular weight is 419 g/mol. The first-order valence-corrected chi connectivity index (χ1v) is 9.55. The SMILES string of the molecule is Cc1ccc2ccccc2c1CN(Cc1ccc(C(F)(F)F)o1)C(=O)OC(C)(C)C. The van der Waals surface area contributed by atoms with Crippen molar-refractivity contribution in [1.29, 1.82) is 0 Å². The molecule has 160 valence electrons. The number of alkyl halides is 3. The molecule has 0 atom stereocenters. The molecule has 7 heteroatoms. The second-order valence-electron chi connectivity index (χ2n) is 8.18. The van der Waals surface area contributed by atoms with Crippen molar-refractivity contribution in [3.63, 3.8) is 0 Å². The molecular weight excluding hydrogens is 395 g/mol. The zero-order valence-electron chi connectivity index (χ0n) is 17.3. The number of hydrogen-bond donors (Lipinski definition) is 0. The summed E-state index contributed by atoms with van der Waals surface area (Å²) in [5.74, 6) is -1.06. The summed E-state index contributed by atoms with van der Waals surface area (Å²) in [6, 6.07) is 13.8. The summed E-state index contributed by atoms with van der Waals surface area (Å²) >= 11 is 0. The van der Waals surface area contributed by atoms with Gasteiger partial charge in [0.2, 0.25) is 5.76 Å². The summed E-state index contributed by atoms with van der Waals surface area (Å²) in [7, 11) is 0. The number of furan rings is 1. The minimum absolute atomic E-state index is 0.0334. The van der Waals surface area contributed by atoms with E-state index in [4.69, 9.17) is 9.15 Å². The van der Waals surface area contributed by atoms with Gasteiger partial charge in [-0.15, -0.1) is 0 Å². The first-order valence-electron chi connectivity index (χ1n) is 9.55. The van der Waals surface area contributed by atoms with Gasteiger partial charge in [-0.25, -0.2) is 4.79 Å². The van der Waals surface area contributed by atoms with Crippen LogP contribution < -0.4 is 0 Å². The molecule has 0 saturated carbocycles. The predicted molar refractivity (Wildman–Crippen MR) is 108 cm³/mol. The number of carbonyl (C=O) groups excluding carboxylic acids is 1. The van der Waals surface area contributed by atoms with E-state index in [9.17, 15) is 18.0 Å². The number of nitrogens with zero attached hydrogens (tertiary/aromatic N) is 1. The average Bonchev–Trinajstić information content (AvgIpc) is 3.11. The molecule has 0 aliphatic heterocycles. The standard InChI is InChI=1S/C23H24F3NO3/c1-15-9-10-16-7-5-6-8-18(16)19(15)14-27(21(28)30-22(2,3)4)13-17-11-12-20(29-17)23(24,25)26/h5-12H,13-14H2,1-4H3. The number of ether oxygens (including phenoxy) is 1. The van der Waals surface area contributed by atoms with Gasteiger partial charge in [-0.3, -0.25) is 4.90 Å². The molecule has 3 rings (SSSR count). The van der Waals surface area contributed by atoms with Crippen LogP contribution in [0.15, 0.2) is 52.9 Å². The van der Waals surface area contributed by atoms with Gasteiger partial charge >= 0.3 is 12.3 Å². The molecule has 1 amide bonds. The van der Waals surface area contributed by atoms with Crippen LogP contribution in [-0.4, -0.2) is 16.6 Å². The summed E-state index contributed by atoms with van der Waals surface area (Å²) < 4.78 is 49.1. The monoisotopic (exact) mass is 419 g/mol. The zero-order chi connectivity index (χ0) is 22.1. The van der Waals surface area contributed by atoms with E-state index in [2.05, 4.69) is 0 Å². The second kappa shape index (κ2) is 8.05. The molecule has 0 fully saturated rings. The van der Waals surface area contributed by atoms with Crippen LogP contribution >= 0.6 is 0 Å². The lowest BCUT2D eigenvalue weighted by molar-refractivity contribution is -0.153. The lowest BCUT2D eigenvalue weighted by Gasteiger charge is -2.28. The Morgan fingerprint density at radius 3 is 2.33 bits per heavy atom. The Balaban J connectivity index is 1.95. The number of rotatable bonds is 4. The quantitative estimate of drug-likeness (QED) is 0.473. The number of benzene rings is 2. The highest BCUT2D eigenvalue weighted by atomic mass is 19.4. The van der Waals surface area contributed by atoms with E-state index in [0.717, 1.165) is 28.0 Å². The van der Waals surface area contributed by atoms with Crippen LogP contribution in [0.5, 0.6) is 0 Å². The lowest BCUT2D eigenvalue weighted by atomic mass is 9.99. The number of hydrogen-bond acceptors (Lipinski definition) is 3. The van der Waals surface area contributed by atoms with Crippen LogP contribution in [0.1, 0.15) is 43.4 Å². The number of carbonyl (C=O) groups is 1. The summed E-state index contributed by atoms with van der Waals surface area (Å²) in [6.07, 6.45) is -5.21. The fraction of sp³-hybridized carbons (Fsp3) is 0.348. The topological polar surface area (TPSA) is 42.7 Å². The predicted octanol–water partition coefficient (Wildman–Crippen LogP) is 6.70. The van der Waals surface area contributed by atoms with Gasteiger partial charge in [-0.1, -0.05) is 36.4 Å². The van der Waals surface area contributed by atoms with E-state index in [-0.39, 0.29) is 18.8 Å².